The summed E-state index contributed by atoms with van der Waals surface area (Å²) >= 11 is 0. The van der Waals surface area contributed by atoms with Gasteiger partial charge in [0.15, 0.2) is 6.10 Å². The van der Waals surface area contributed by atoms with Crippen LogP contribution in [0.25, 0.3) is 0 Å². The van der Waals surface area contributed by atoms with Gasteiger partial charge in [-0.2, -0.15) is 0 Å². The molecule has 0 aromatic rings. The van der Waals surface area contributed by atoms with Gasteiger partial charge in [0.2, 0.25) is 0 Å². The van der Waals surface area contributed by atoms with Crippen LogP contribution >= 0.6 is 0 Å². The number of unbranched alkanes of at least 4 members (excludes halogenated alkanes) is 23. The van der Waals surface area contributed by atoms with Crippen molar-refractivity contribution >= 4 is 11.9 Å². The molecule has 0 N–H and O–H groups in total. The number of carbonyl (C=O) groups is 2. The smallest absolute Gasteiger partial charge is 0.306 e. The predicted octanol–water partition coefficient (Wildman–Crippen LogP) is 19.0. The molecule has 0 bridgehead atoms. The molecule has 0 rings (SSSR count). The quantitative estimate of drug-likeness (QED) is 0.0346. The van der Waals surface area contributed by atoms with E-state index >= 15 is 0 Å². The van der Waals surface area contributed by atoms with Crippen LogP contribution in [-0.2, 0) is 23.8 Å². The molecule has 0 saturated heterocycles. The highest BCUT2D eigenvalue weighted by Gasteiger charge is 2.17. The standard InChI is InChI=1S/C61H104O5/c1-4-7-10-13-16-19-22-24-26-28-30-32-34-36-38-41-44-47-50-53-56-64-57-59(66-61(63)55-52-49-46-43-39-21-18-15-12-9-6-3)58-65-60(62)54-51-48-45-42-40-37-35-33-31-29-27-25-23-20-17-14-11-8-5-2/h7,10,16-17,19-20,24-27,30,32,36,38,44,47,59H,4-6,8-9,11-15,18,21-23,28-29,31,33-35,37,39-43,45-46,48-58H2,1-3H3/b10-7-,19-16-,20-17-,26-24-,27-25-,32-30-,38-36-,47-44-. The van der Waals surface area contributed by atoms with Crippen LogP contribution in [0.1, 0.15) is 252 Å². The van der Waals surface area contributed by atoms with E-state index in [-0.39, 0.29) is 25.2 Å². The Morgan fingerprint density at radius 2 is 0.682 bits per heavy atom. The van der Waals surface area contributed by atoms with Crippen LogP contribution in [0.5, 0.6) is 0 Å². The van der Waals surface area contributed by atoms with Crippen molar-refractivity contribution in [3.63, 3.8) is 0 Å². The molecule has 0 fully saturated rings. The van der Waals surface area contributed by atoms with Crippen molar-refractivity contribution in [3.8, 4) is 0 Å². The zero-order chi connectivity index (χ0) is 47.7. The first kappa shape index (κ1) is 62.8. The first-order valence-corrected chi connectivity index (χ1v) is 27.8. The highest BCUT2D eigenvalue weighted by atomic mass is 16.6. The Morgan fingerprint density at radius 3 is 1.12 bits per heavy atom. The molecule has 0 aliphatic heterocycles. The average Bonchev–Trinajstić information content (AvgIpc) is 3.32. The summed E-state index contributed by atoms with van der Waals surface area (Å²) in [4.78, 5) is 25.4. The third kappa shape index (κ3) is 53.4. The Bertz CT molecular complexity index is 1270. The van der Waals surface area contributed by atoms with Crippen LogP contribution in [0.3, 0.4) is 0 Å². The number of rotatable bonds is 50. The fraction of sp³-hybridized carbons (Fsp3) is 0.705. The summed E-state index contributed by atoms with van der Waals surface area (Å²) in [5.41, 5.74) is 0. The minimum atomic E-state index is -0.571. The van der Waals surface area contributed by atoms with E-state index in [4.69, 9.17) is 14.2 Å². The number of carbonyl (C=O) groups excluding carboxylic acids is 2. The molecular weight excluding hydrogens is 813 g/mol. The molecular formula is C61H104O5. The molecule has 5 nitrogen and oxygen atoms in total. The molecule has 0 heterocycles. The fourth-order valence-electron chi connectivity index (χ4n) is 7.50. The maximum absolute atomic E-state index is 12.8. The summed E-state index contributed by atoms with van der Waals surface area (Å²) in [6, 6.07) is 0. The fourth-order valence-corrected chi connectivity index (χ4v) is 7.50. The van der Waals surface area contributed by atoms with Gasteiger partial charge in [-0.1, -0.05) is 240 Å². The lowest BCUT2D eigenvalue weighted by atomic mass is 10.1. The first-order valence-electron chi connectivity index (χ1n) is 27.8. The van der Waals surface area contributed by atoms with Gasteiger partial charge < -0.3 is 14.2 Å². The Balaban J connectivity index is 4.33. The van der Waals surface area contributed by atoms with E-state index in [2.05, 4.69) is 118 Å². The van der Waals surface area contributed by atoms with Gasteiger partial charge in [0, 0.05) is 19.4 Å². The summed E-state index contributed by atoms with van der Waals surface area (Å²) in [5.74, 6) is -0.432. The summed E-state index contributed by atoms with van der Waals surface area (Å²) < 4.78 is 17.4. The number of allylic oxidation sites excluding steroid dienone is 16. The van der Waals surface area contributed by atoms with Gasteiger partial charge in [0.05, 0.1) is 6.61 Å². The lowest BCUT2D eigenvalue weighted by Crippen LogP contribution is -2.30. The number of hydrogen-bond acceptors (Lipinski definition) is 5. The molecule has 0 spiro atoms. The van der Waals surface area contributed by atoms with E-state index in [9.17, 15) is 9.59 Å². The zero-order valence-electron chi connectivity index (χ0n) is 43.4. The van der Waals surface area contributed by atoms with Crippen molar-refractivity contribution in [1.82, 2.24) is 0 Å². The van der Waals surface area contributed by atoms with Crippen molar-refractivity contribution in [3.05, 3.63) is 97.2 Å². The molecule has 66 heavy (non-hydrogen) atoms. The lowest BCUT2D eigenvalue weighted by Gasteiger charge is -2.18. The van der Waals surface area contributed by atoms with E-state index in [0.717, 1.165) is 89.9 Å². The summed E-state index contributed by atoms with van der Waals surface area (Å²) in [6.07, 6.45) is 75.8. The second-order valence-corrected chi connectivity index (χ2v) is 18.1. The lowest BCUT2D eigenvalue weighted by molar-refractivity contribution is -0.163. The average molecular weight is 917 g/mol. The zero-order valence-corrected chi connectivity index (χ0v) is 43.4. The third-order valence-corrected chi connectivity index (χ3v) is 11.6. The number of hydrogen-bond donors (Lipinski definition) is 0. The van der Waals surface area contributed by atoms with Crippen LogP contribution in [0, 0.1) is 0 Å². The summed E-state index contributed by atoms with van der Waals surface area (Å²) in [5, 5.41) is 0. The van der Waals surface area contributed by atoms with Gasteiger partial charge in [0.1, 0.15) is 6.61 Å². The molecule has 0 amide bonds. The molecule has 5 heteroatoms. The van der Waals surface area contributed by atoms with E-state index in [1.807, 2.05) is 0 Å². The predicted molar refractivity (Wildman–Crippen MR) is 288 cm³/mol. The largest absolute Gasteiger partial charge is 0.462 e. The summed E-state index contributed by atoms with van der Waals surface area (Å²) in [6.45, 7) is 7.55. The molecule has 378 valence electrons. The number of esters is 2. The molecule has 0 saturated carbocycles. The monoisotopic (exact) mass is 917 g/mol. The van der Waals surface area contributed by atoms with Crippen LogP contribution in [0.2, 0.25) is 0 Å². The van der Waals surface area contributed by atoms with Crippen molar-refractivity contribution < 1.29 is 23.8 Å². The molecule has 0 aliphatic rings. The molecule has 0 aliphatic carbocycles. The summed E-state index contributed by atoms with van der Waals surface area (Å²) in [7, 11) is 0. The van der Waals surface area contributed by atoms with Gasteiger partial charge in [-0.15, -0.1) is 0 Å². The molecule has 0 radical (unpaired) electrons. The van der Waals surface area contributed by atoms with Crippen molar-refractivity contribution in [1.29, 1.82) is 0 Å². The Kier molecular flexibility index (Phi) is 53.4. The van der Waals surface area contributed by atoms with Crippen LogP contribution in [0.4, 0.5) is 0 Å². The highest BCUT2D eigenvalue weighted by Crippen LogP contribution is 2.15. The molecule has 0 aromatic carbocycles. The molecule has 1 atom stereocenters. The Hall–Kier alpha value is -3.18. The van der Waals surface area contributed by atoms with Crippen LogP contribution in [0.15, 0.2) is 97.2 Å². The Labute approximate surface area is 409 Å². The van der Waals surface area contributed by atoms with Crippen LogP contribution < -0.4 is 0 Å². The molecule has 1 unspecified atom stereocenters. The van der Waals surface area contributed by atoms with E-state index < -0.39 is 6.10 Å². The minimum absolute atomic E-state index is 0.0575. The van der Waals surface area contributed by atoms with Gasteiger partial charge in [0.25, 0.3) is 0 Å². The van der Waals surface area contributed by atoms with Gasteiger partial charge in [-0.05, 0) is 96.3 Å². The third-order valence-electron chi connectivity index (χ3n) is 11.6. The maximum Gasteiger partial charge on any atom is 0.306 e. The SMILES string of the molecule is CC/C=C\C/C=C\C/C=C\C/C=C\C/C=C\C/C=C\CCCOCC(COC(=O)CCCCCCCCCCC/C=C\C/C=C\CCCCC)OC(=O)CCCCCCCCCCCCC. The van der Waals surface area contributed by atoms with E-state index in [1.54, 1.807) is 0 Å². The van der Waals surface area contributed by atoms with Gasteiger partial charge in [-0.25, -0.2) is 0 Å². The van der Waals surface area contributed by atoms with E-state index in [1.165, 1.54) is 128 Å². The highest BCUT2D eigenvalue weighted by molar-refractivity contribution is 5.70. The Morgan fingerprint density at radius 1 is 0.348 bits per heavy atom. The van der Waals surface area contributed by atoms with Crippen molar-refractivity contribution in [2.45, 2.75) is 258 Å². The second-order valence-electron chi connectivity index (χ2n) is 18.1. The second kappa shape index (κ2) is 56.1. The minimum Gasteiger partial charge on any atom is -0.462 e. The van der Waals surface area contributed by atoms with Crippen molar-refractivity contribution in [2.75, 3.05) is 19.8 Å². The van der Waals surface area contributed by atoms with Crippen LogP contribution in [-0.4, -0.2) is 37.9 Å². The first-order chi connectivity index (χ1) is 32.6. The molecule has 0 aromatic heterocycles. The number of ether oxygens (including phenoxy) is 3. The normalized spacial score (nSPS) is 13.0. The van der Waals surface area contributed by atoms with Gasteiger partial charge >= 0.3 is 11.9 Å². The van der Waals surface area contributed by atoms with Crippen molar-refractivity contribution in [2.24, 2.45) is 0 Å². The van der Waals surface area contributed by atoms with E-state index in [0.29, 0.717) is 19.4 Å². The topological polar surface area (TPSA) is 61.8 Å². The van der Waals surface area contributed by atoms with Gasteiger partial charge in [-0.3, -0.25) is 9.59 Å². The maximum atomic E-state index is 12.8.